The van der Waals surface area contributed by atoms with Gasteiger partial charge in [0.15, 0.2) is 0 Å². The van der Waals surface area contributed by atoms with Crippen LogP contribution in [0.25, 0.3) is 0 Å². The molecule has 14 heavy (non-hydrogen) atoms. The summed E-state index contributed by atoms with van der Waals surface area (Å²) in [7, 11) is 1.74. The molecule has 2 atom stereocenters. The number of aliphatic hydroxyl groups is 1. The van der Waals surface area contributed by atoms with E-state index in [-0.39, 0.29) is 0 Å². The van der Waals surface area contributed by atoms with Gasteiger partial charge in [0.25, 0.3) is 0 Å². The van der Waals surface area contributed by atoms with Gasteiger partial charge in [-0.1, -0.05) is 6.42 Å². The van der Waals surface area contributed by atoms with Crippen molar-refractivity contribution in [3.63, 3.8) is 0 Å². The zero-order valence-electron chi connectivity index (χ0n) is 9.41. The first-order valence-corrected chi connectivity index (χ1v) is 5.65. The number of rotatable bonds is 5. The molecular formula is C11H23NO2. The summed E-state index contributed by atoms with van der Waals surface area (Å²) in [6, 6.07) is 1.01. The predicted octanol–water partition coefficient (Wildman–Crippen LogP) is 1.26. The van der Waals surface area contributed by atoms with E-state index in [9.17, 15) is 5.11 Å². The van der Waals surface area contributed by atoms with Crippen molar-refractivity contribution in [2.45, 2.75) is 44.7 Å². The van der Waals surface area contributed by atoms with Gasteiger partial charge in [0.2, 0.25) is 0 Å². The summed E-state index contributed by atoms with van der Waals surface area (Å²) in [5.41, 5.74) is 0. The SMILES string of the molecule is COCCCN1C(C)CCCC1CO. The first-order valence-electron chi connectivity index (χ1n) is 5.65. The molecule has 1 aliphatic rings. The normalized spacial score (nSPS) is 29.4. The van der Waals surface area contributed by atoms with Crippen LogP contribution in [0.4, 0.5) is 0 Å². The number of aliphatic hydroxyl groups excluding tert-OH is 1. The molecular weight excluding hydrogens is 178 g/mol. The zero-order chi connectivity index (χ0) is 10.4. The van der Waals surface area contributed by atoms with Crippen LogP contribution in [0.1, 0.15) is 32.6 Å². The van der Waals surface area contributed by atoms with E-state index in [1.807, 2.05) is 0 Å². The maximum absolute atomic E-state index is 9.26. The molecule has 3 heteroatoms. The molecule has 84 valence electrons. The summed E-state index contributed by atoms with van der Waals surface area (Å²) in [5.74, 6) is 0. The molecule has 1 saturated heterocycles. The molecule has 0 saturated carbocycles. The lowest BCUT2D eigenvalue weighted by atomic mass is 9.97. The van der Waals surface area contributed by atoms with E-state index in [0.717, 1.165) is 26.0 Å². The van der Waals surface area contributed by atoms with Crippen LogP contribution in [-0.4, -0.2) is 49.0 Å². The van der Waals surface area contributed by atoms with Crippen LogP contribution in [0.15, 0.2) is 0 Å². The first kappa shape index (κ1) is 12.0. The number of methoxy groups -OCH3 is 1. The number of likely N-dealkylation sites (tertiary alicyclic amines) is 1. The molecule has 0 aromatic carbocycles. The Morgan fingerprint density at radius 1 is 1.43 bits per heavy atom. The maximum Gasteiger partial charge on any atom is 0.0586 e. The highest BCUT2D eigenvalue weighted by molar-refractivity contribution is 4.81. The number of hydrogen-bond acceptors (Lipinski definition) is 3. The molecule has 0 amide bonds. The monoisotopic (exact) mass is 201 g/mol. The number of piperidine rings is 1. The van der Waals surface area contributed by atoms with Crippen molar-refractivity contribution >= 4 is 0 Å². The van der Waals surface area contributed by atoms with Gasteiger partial charge in [0.05, 0.1) is 6.61 Å². The van der Waals surface area contributed by atoms with Gasteiger partial charge < -0.3 is 9.84 Å². The van der Waals surface area contributed by atoms with Gasteiger partial charge >= 0.3 is 0 Å². The number of ether oxygens (including phenoxy) is 1. The van der Waals surface area contributed by atoms with Crippen LogP contribution >= 0.6 is 0 Å². The second-order valence-corrected chi connectivity index (χ2v) is 4.20. The Balaban J connectivity index is 2.34. The molecule has 1 rings (SSSR count). The van der Waals surface area contributed by atoms with E-state index in [0.29, 0.717) is 18.7 Å². The average Bonchev–Trinajstić information content (AvgIpc) is 2.20. The molecule has 0 bridgehead atoms. The van der Waals surface area contributed by atoms with E-state index in [2.05, 4.69) is 11.8 Å². The van der Waals surface area contributed by atoms with E-state index in [4.69, 9.17) is 4.74 Å². The molecule has 3 nitrogen and oxygen atoms in total. The van der Waals surface area contributed by atoms with Crippen molar-refractivity contribution in [3.05, 3.63) is 0 Å². The lowest BCUT2D eigenvalue weighted by Crippen LogP contribution is -2.47. The Morgan fingerprint density at radius 3 is 2.86 bits per heavy atom. The molecule has 1 N–H and O–H groups in total. The third-order valence-electron chi connectivity index (χ3n) is 3.17. The van der Waals surface area contributed by atoms with E-state index < -0.39 is 0 Å². The van der Waals surface area contributed by atoms with Crippen LogP contribution in [0.5, 0.6) is 0 Å². The Labute approximate surface area is 87.1 Å². The topological polar surface area (TPSA) is 32.7 Å². The fraction of sp³-hybridized carbons (Fsp3) is 1.00. The molecule has 1 heterocycles. The minimum Gasteiger partial charge on any atom is -0.395 e. The summed E-state index contributed by atoms with van der Waals surface area (Å²) in [6.07, 6.45) is 4.74. The second kappa shape index (κ2) is 6.38. The maximum atomic E-state index is 9.26. The fourth-order valence-corrected chi connectivity index (χ4v) is 2.33. The van der Waals surface area contributed by atoms with E-state index in [1.165, 1.54) is 12.8 Å². The summed E-state index contributed by atoms with van der Waals surface area (Å²) >= 11 is 0. The van der Waals surface area contributed by atoms with Gasteiger partial charge in [-0.3, -0.25) is 4.90 Å². The first-order chi connectivity index (χ1) is 6.79. The number of nitrogens with zero attached hydrogens (tertiary/aromatic N) is 1. The highest BCUT2D eigenvalue weighted by Gasteiger charge is 2.26. The Kier molecular flexibility index (Phi) is 5.45. The molecule has 0 aliphatic carbocycles. The lowest BCUT2D eigenvalue weighted by Gasteiger charge is -2.39. The van der Waals surface area contributed by atoms with Crippen LogP contribution in [0.2, 0.25) is 0 Å². The van der Waals surface area contributed by atoms with Gasteiger partial charge in [0, 0.05) is 32.3 Å². The minimum absolute atomic E-state index is 0.303. The molecule has 1 fully saturated rings. The highest BCUT2D eigenvalue weighted by Crippen LogP contribution is 2.22. The quantitative estimate of drug-likeness (QED) is 0.680. The molecule has 0 radical (unpaired) electrons. The van der Waals surface area contributed by atoms with Crippen molar-refractivity contribution in [2.24, 2.45) is 0 Å². The summed E-state index contributed by atoms with van der Waals surface area (Å²) in [5, 5.41) is 9.26. The van der Waals surface area contributed by atoms with Crippen LogP contribution < -0.4 is 0 Å². The summed E-state index contributed by atoms with van der Waals surface area (Å²) < 4.78 is 5.05. The number of hydrogen-bond donors (Lipinski definition) is 1. The van der Waals surface area contributed by atoms with Crippen LogP contribution in [-0.2, 0) is 4.74 Å². The fourth-order valence-electron chi connectivity index (χ4n) is 2.33. The van der Waals surface area contributed by atoms with Crippen molar-refractivity contribution in [1.82, 2.24) is 4.90 Å². The second-order valence-electron chi connectivity index (χ2n) is 4.20. The van der Waals surface area contributed by atoms with Crippen molar-refractivity contribution in [3.8, 4) is 0 Å². The Hall–Kier alpha value is -0.120. The van der Waals surface area contributed by atoms with Gasteiger partial charge in [-0.25, -0.2) is 0 Å². The third-order valence-corrected chi connectivity index (χ3v) is 3.17. The highest BCUT2D eigenvalue weighted by atomic mass is 16.5. The van der Waals surface area contributed by atoms with E-state index in [1.54, 1.807) is 7.11 Å². The summed E-state index contributed by atoms with van der Waals surface area (Å²) in [6.45, 7) is 4.44. The van der Waals surface area contributed by atoms with Crippen molar-refractivity contribution in [2.75, 3.05) is 26.9 Å². The largest absolute Gasteiger partial charge is 0.395 e. The Bertz CT molecular complexity index is 152. The van der Waals surface area contributed by atoms with E-state index >= 15 is 0 Å². The predicted molar refractivity (Wildman–Crippen MR) is 57.4 cm³/mol. The molecule has 0 aromatic rings. The van der Waals surface area contributed by atoms with Crippen LogP contribution in [0, 0.1) is 0 Å². The third kappa shape index (κ3) is 3.23. The lowest BCUT2D eigenvalue weighted by molar-refractivity contribution is 0.0442. The van der Waals surface area contributed by atoms with Crippen LogP contribution in [0.3, 0.4) is 0 Å². The zero-order valence-corrected chi connectivity index (χ0v) is 9.41. The molecule has 0 spiro atoms. The molecule has 2 unspecified atom stereocenters. The standard InChI is InChI=1S/C11H23NO2/c1-10-5-3-6-11(9-13)12(10)7-4-8-14-2/h10-11,13H,3-9H2,1-2H3. The summed E-state index contributed by atoms with van der Waals surface area (Å²) in [4.78, 5) is 2.43. The van der Waals surface area contributed by atoms with Gasteiger partial charge in [0.1, 0.15) is 0 Å². The van der Waals surface area contributed by atoms with Gasteiger partial charge in [-0.15, -0.1) is 0 Å². The van der Waals surface area contributed by atoms with Gasteiger partial charge in [-0.2, -0.15) is 0 Å². The van der Waals surface area contributed by atoms with Crippen molar-refractivity contribution < 1.29 is 9.84 Å². The molecule has 1 aliphatic heterocycles. The average molecular weight is 201 g/mol. The van der Waals surface area contributed by atoms with Gasteiger partial charge in [-0.05, 0) is 26.2 Å². The minimum atomic E-state index is 0.303. The smallest absolute Gasteiger partial charge is 0.0586 e. The molecule has 0 aromatic heterocycles. The Morgan fingerprint density at radius 2 is 2.21 bits per heavy atom. The van der Waals surface area contributed by atoms with Crippen molar-refractivity contribution in [1.29, 1.82) is 0 Å².